The number of hydrogen-bond acceptors (Lipinski definition) is 6. The van der Waals surface area contributed by atoms with Crippen LogP contribution >= 0.6 is 11.6 Å². The molecule has 0 fully saturated rings. The van der Waals surface area contributed by atoms with E-state index < -0.39 is 17.9 Å². The van der Waals surface area contributed by atoms with Crippen molar-refractivity contribution in [3.8, 4) is 11.1 Å². The summed E-state index contributed by atoms with van der Waals surface area (Å²) < 4.78 is 0. The van der Waals surface area contributed by atoms with Crippen molar-refractivity contribution in [3.05, 3.63) is 100 Å². The van der Waals surface area contributed by atoms with Crippen LogP contribution in [0.1, 0.15) is 45.8 Å². The van der Waals surface area contributed by atoms with Gasteiger partial charge in [-0.25, -0.2) is 4.99 Å². The third kappa shape index (κ3) is 7.15. The number of nitrogens with one attached hydrogen (secondary N) is 4. The summed E-state index contributed by atoms with van der Waals surface area (Å²) in [7, 11) is 0. The van der Waals surface area contributed by atoms with E-state index in [0.717, 1.165) is 13.1 Å². The van der Waals surface area contributed by atoms with Crippen molar-refractivity contribution in [2.24, 2.45) is 4.99 Å². The van der Waals surface area contributed by atoms with Crippen LogP contribution < -0.4 is 16.0 Å². The molecule has 0 radical (unpaired) electrons. The Labute approximate surface area is 266 Å². The number of benzene rings is 3. The molecule has 1 aliphatic heterocycles. The number of amides is 3. The Kier molecular flexibility index (Phi) is 9.77. The molecule has 3 aromatic carbocycles. The van der Waals surface area contributed by atoms with E-state index in [-0.39, 0.29) is 18.2 Å². The lowest BCUT2D eigenvalue weighted by molar-refractivity contribution is -0.110. The number of aromatic amines is 1. The molecular formula is C34H35ClN6O4. The number of aliphatic imine (C=N–C) groups is 1. The fraction of sp³-hybridized carbons (Fsp3) is 0.235. The number of H-pyrrole nitrogens is 1. The van der Waals surface area contributed by atoms with Gasteiger partial charge in [0.1, 0.15) is 11.5 Å². The first-order valence-electron chi connectivity index (χ1n) is 14.8. The van der Waals surface area contributed by atoms with E-state index in [1.54, 1.807) is 61.5 Å². The minimum absolute atomic E-state index is 0.0630. The average molecular weight is 627 g/mol. The molecule has 11 heteroatoms. The summed E-state index contributed by atoms with van der Waals surface area (Å²) >= 11 is 6.17. The van der Waals surface area contributed by atoms with Gasteiger partial charge in [-0.05, 0) is 68.0 Å². The number of likely N-dealkylation sites (N-methyl/N-ethyl adjacent to an activating group) is 1. The maximum atomic E-state index is 13.6. The van der Waals surface area contributed by atoms with Crippen molar-refractivity contribution in [1.82, 2.24) is 15.2 Å². The van der Waals surface area contributed by atoms with Gasteiger partial charge in [0.15, 0.2) is 0 Å². The lowest BCUT2D eigenvalue weighted by Gasteiger charge is -2.22. The molecule has 3 amide bonds. The Morgan fingerprint density at radius 1 is 1.00 bits per heavy atom. The summed E-state index contributed by atoms with van der Waals surface area (Å²) in [6, 6.07) is 21.0. The standard InChI is InChI=1S/C34H35ClN6O4/c1-4-41(5-2)19-25(42)18-36-33(44)28-20(3)37-31(29(28)21-11-14-23(35)15-12-21)40-30-26-17-22(13-16-27(26)39-34(30)45)32(43)38-24-9-7-6-8-10-24/h6-17,25,37,42H,4-5,18-19H2,1-3H3,(H,36,44)(H,38,43)(H,39,40,45). The molecule has 1 unspecified atom stereocenters. The number of aromatic nitrogens is 1. The summed E-state index contributed by atoms with van der Waals surface area (Å²) in [5.74, 6) is -0.872. The van der Waals surface area contributed by atoms with E-state index in [1.807, 2.05) is 32.0 Å². The van der Waals surface area contributed by atoms with E-state index in [1.165, 1.54) is 0 Å². The summed E-state index contributed by atoms with van der Waals surface area (Å²) in [4.78, 5) is 49.7. The van der Waals surface area contributed by atoms with Gasteiger partial charge in [-0.15, -0.1) is 0 Å². The Hall–Kier alpha value is -4.77. The molecule has 0 bridgehead atoms. The molecule has 45 heavy (non-hydrogen) atoms. The molecule has 1 aromatic heterocycles. The van der Waals surface area contributed by atoms with Crippen molar-refractivity contribution in [3.63, 3.8) is 0 Å². The smallest absolute Gasteiger partial charge is 0.275 e. The van der Waals surface area contributed by atoms with Gasteiger partial charge in [-0.3, -0.25) is 14.4 Å². The summed E-state index contributed by atoms with van der Waals surface area (Å²) in [6.07, 6.45) is -0.751. The van der Waals surface area contributed by atoms with Crippen LogP contribution in [0.3, 0.4) is 0 Å². The van der Waals surface area contributed by atoms with Crippen molar-refractivity contribution < 1.29 is 19.5 Å². The van der Waals surface area contributed by atoms with Gasteiger partial charge in [0, 0.05) is 46.2 Å². The maximum absolute atomic E-state index is 13.6. The van der Waals surface area contributed by atoms with Crippen molar-refractivity contribution in [1.29, 1.82) is 0 Å². The van der Waals surface area contributed by atoms with Gasteiger partial charge < -0.3 is 30.9 Å². The molecule has 0 spiro atoms. The molecule has 232 valence electrons. The van der Waals surface area contributed by atoms with Gasteiger partial charge in [-0.2, -0.15) is 0 Å². The van der Waals surface area contributed by atoms with Gasteiger partial charge in [0.05, 0.1) is 17.4 Å². The molecule has 5 N–H and O–H groups in total. The normalized spacial score (nSPS) is 13.9. The number of fused-ring (bicyclic) bond motifs is 1. The zero-order valence-corrected chi connectivity index (χ0v) is 26.0. The first kappa shape index (κ1) is 31.6. The molecule has 5 rings (SSSR count). The fourth-order valence-electron chi connectivity index (χ4n) is 5.26. The monoisotopic (exact) mass is 626 g/mol. The highest BCUT2D eigenvalue weighted by Gasteiger charge is 2.30. The highest BCUT2D eigenvalue weighted by atomic mass is 35.5. The zero-order valence-electron chi connectivity index (χ0n) is 25.3. The van der Waals surface area contributed by atoms with Crippen molar-refractivity contribution in [2.75, 3.05) is 36.8 Å². The third-order valence-corrected chi connectivity index (χ3v) is 7.90. The zero-order chi connectivity index (χ0) is 32.1. The first-order chi connectivity index (χ1) is 21.7. The second kappa shape index (κ2) is 13.9. The summed E-state index contributed by atoms with van der Waals surface area (Å²) in [5.41, 5.74) is 4.08. The number of aryl methyl sites for hydroxylation is 1. The molecular weight excluding hydrogens is 592 g/mol. The number of aliphatic hydroxyl groups excluding tert-OH is 1. The van der Waals surface area contributed by atoms with Crippen LogP contribution in [0.25, 0.3) is 11.1 Å². The maximum Gasteiger partial charge on any atom is 0.275 e. The molecule has 0 aliphatic carbocycles. The Morgan fingerprint density at radius 2 is 1.71 bits per heavy atom. The second-order valence-electron chi connectivity index (χ2n) is 10.7. The number of rotatable bonds is 11. The number of halogens is 1. The predicted molar refractivity (Wildman–Crippen MR) is 178 cm³/mol. The highest BCUT2D eigenvalue weighted by molar-refractivity contribution is 6.54. The van der Waals surface area contributed by atoms with Crippen LogP contribution in [0.5, 0.6) is 0 Å². The first-order valence-corrected chi connectivity index (χ1v) is 15.1. The van der Waals surface area contributed by atoms with E-state index in [9.17, 15) is 19.5 Å². The number of carbonyl (C=O) groups excluding carboxylic acids is 3. The quantitative estimate of drug-likeness (QED) is 0.152. The molecule has 10 nitrogen and oxygen atoms in total. The van der Waals surface area contributed by atoms with E-state index in [4.69, 9.17) is 16.6 Å². The van der Waals surface area contributed by atoms with Crippen LogP contribution in [0.2, 0.25) is 5.02 Å². The van der Waals surface area contributed by atoms with Crippen molar-refractivity contribution >= 4 is 52.2 Å². The third-order valence-electron chi connectivity index (χ3n) is 7.64. The Morgan fingerprint density at radius 3 is 2.40 bits per heavy atom. The number of carbonyl (C=O) groups is 3. The Bertz CT molecular complexity index is 1750. The fourth-order valence-corrected chi connectivity index (χ4v) is 5.38. The lowest BCUT2D eigenvalue weighted by atomic mass is 10.0. The minimum Gasteiger partial charge on any atom is -0.390 e. The molecule has 0 saturated heterocycles. The van der Waals surface area contributed by atoms with Crippen LogP contribution in [0.4, 0.5) is 17.2 Å². The summed E-state index contributed by atoms with van der Waals surface area (Å²) in [6.45, 7) is 7.86. The highest BCUT2D eigenvalue weighted by Crippen LogP contribution is 2.38. The number of hydrogen-bond donors (Lipinski definition) is 5. The van der Waals surface area contributed by atoms with Crippen LogP contribution in [-0.4, -0.2) is 70.7 Å². The predicted octanol–water partition coefficient (Wildman–Crippen LogP) is 5.40. The molecule has 4 aromatic rings. The van der Waals surface area contributed by atoms with E-state index >= 15 is 0 Å². The van der Waals surface area contributed by atoms with Gasteiger partial charge in [0.25, 0.3) is 17.7 Å². The molecule has 0 saturated carbocycles. The van der Waals surface area contributed by atoms with Crippen LogP contribution in [0.15, 0.2) is 77.8 Å². The van der Waals surface area contributed by atoms with Gasteiger partial charge >= 0.3 is 0 Å². The number of para-hydroxylation sites is 1. The topological polar surface area (TPSA) is 139 Å². The minimum atomic E-state index is -0.751. The number of aliphatic hydroxyl groups is 1. The largest absolute Gasteiger partial charge is 0.390 e. The number of anilines is 2. The second-order valence-corrected chi connectivity index (χ2v) is 11.1. The summed E-state index contributed by atoms with van der Waals surface area (Å²) in [5, 5.41) is 19.6. The van der Waals surface area contributed by atoms with E-state index in [0.29, 0.717) is 62.3 Å². The van der Waals surface area contributed by atoms with Crippen LogP contribution in [-0.2, 0) is 4.79 Å². The molecule has 1 atom stereocenters. The van der Waals surface area contributed by atoms with Crippen LogP contribution in [0, 0.1) is 6.92 Å². The van der Waals surface area contributed by atoms with Crippen molar-refractivity contribution in [2.45, 2.75) is 26.9 Å². The lowest BCUT2D eigenvalue weighted by Crippen LogP contribution is -2.40. The van der Waals surface area contributed by atoms with E-state index in [2.05, 4.69) is 25.8 Å². The molecule has 1 aliphatic rings. The Balaban J connectivity index is 1.50. The number of nitrogens with zero attached hydrogens (tertiary/aromatic N) is 2. The SMILES string of the molecule is CCN(CC)CC(O)CNC(=O)c1c(C)[nH]c(/N=C2\C(=O)Nc3ccc(C(=O)Nc4ccccc4)cc32)c1-c1ccc(Cl)cc1. The van der Waals surface area contributed by atoms with Gasteiger partial charge in [-0.1, -0.05) is 55.8 Å². The molecule has 2 heterocycles. The van der Waals surface area contributed by atoms with Gasteiger partial charge in [0.2, 0.25) is 0 Å². The average Bonchev–Trinajstić information content (AvgIpc) is 3.54.